The number of hydrogen-bond acceptors (Lipinski definition) is 5. The summed E-state index contributed by atoms with van der Waals surface area (Å²) in [6.07, 6.45) is 1.78. The van der Waals surface area contributed by atoms with Gasteiger partial charge in [0, 0.05) is 30.6 Å². The average Bonchev–Trinajstić information content (AvgIpc) is 3.42. The van der Waals surface area contributed by atoms with Gasteiger partial charge in [-0.25, -0.2) is 4.98 Å². The second-order valence-corrected chi connectivity index (χ2v) is 9.09. The van der Waals surface area contributed by atoms with Crippen molar-refractivity contribution in [3.63, 3.8) is 0 Å². The topological polar surface area (TPSA) is 62.3 Å². The van der Waals surface area contributed by atoms with Crippen molar-refractivity contribution < 1.29 is 9.59 Å². The first-order chi connectivity index (χ1) is 13.6. The molecule has 8 heteroatoms. The maximum Gasteiger partial charge on any atom is 0.227 e. The molecule has 0 radical (unpaired) electrons. The van der Waals surface area contributed by atoms with Gasteiger partial charge in [-0.1, -0.05) is 23.7 Å². The summed E-state index contributed by atoms with van der Waals surface area (Å²) in [7, 11) is 0. The molecule has 1 fully saturated rings. The van der Waals surface area contributed by atoms with E-state index in [1.807, 2.05) is 46.7 Å². The molecule has 2 amide bonds. The molecule has 0 saturated carbocycles. The summed E-state index contributed by atoms with van der Waals surface area (Å²) in [6.45, 7) is 1.23. The summed E-state index contributed by atoms with van der Waals surface area (Å²) in [5.74, 6) is 0.105. The van der Waals surface area contributed by atoms with Gasteiger partial charge in [-0.3, -0.25) is 9.59 Å². The molecule has 0 spiro atoms. The van der Waals surface area contributed by atoms with Gasteiger partial charge in [0.1, 0.15) is 5.01 Å². The number of carbonyl (C=O) groups is 2. The van der Waals surface area contributed by atoms with Crippen LogP contribution in [0, 0.1) is 0 Å². The van der Waals surface area contributed by atoms with Gasteiger partial charge in [0.15, 0.2) is 0 Å². The van der Waals surface area contributed by atoms with Crippen LogP contribution in [0.25, 0.3) is 9.88 Å². The van der Waals surface area contributed by atoms with Crippen molar-refractivity contribution in [2.45, 2.75) is 25.8 Å². The molecule has 4 rings (SSSR count). The van der Waals surface area contributed by atoms with Crippen LogP contribution in [0.1, 0.15) is 24.1 Å². The molecule has 1 aliphatic heterocycles. The number of anilines is 1. The molecule has 28 heavy (non-hydrogen) atoms. The van der Waals surface area contributed by atoms with Crippen LogP contribution in [-0.4, -0.2) is 23.3 Å². The molecule has 1 aromatic carbocycles. The van der Waals surface area contributed by atoms with E-state index in [0.29, 0.717) is 13.0 Å². The lowest BCUT2D eigenvalue weighted by Crippen LogP contribution is -2.25. The smallest absolute Gasteiger partial charge is 0.227 e. The molecule has 0 atom stereocenters. The largest absolute Gasteiger partial charge is 0.352 e. The second-order valence-electron chi connectivity index (χ2n) is 6.52. The maximum absolute atomic E-state index is 12.2. The van der Waals surface area contributed by atoms with Crippen LogP contribution in [-0.2, 0) is 22.6 Å². The molecule has 3 heterocycles. The standard InChI is InChI=1S/C20H18ClN3O2S2/c21-17-8-7-16(28-17)20-23-14(12-27-20)10-18(25)22-11-13-3-5-15(6-4-13)24-9-1-2-19(24)26/h3-8,12H,1-2,9-11H2,(H,22,25). The summed E-state index contributed by atoms with van der Waals surface area (Å²) in [6, 6.07) is 11.5. The highest BCUT2D eigenvalue weighted by atomic mass is 35.5. The van der Waals surface area contributed by atoms with E-state index in [2.05, 4.69) is 10.3 Å². The number of nitrogens with one attached hydrogen (secondary N) is 1. The number of hydrogen-bond donors (Lipinski definition) is 1. The fourth-order valence-electron chi connectivity index (χ4n) is 3.07. The summed E-state index contributed by atoms with van der Waals surface area (Å²) in [4.78, 5) is 31.4. The second kappa shape index (κ2) is 8.43. The Morgan fingerprint density at radius 2 is 2.04 bits per heavy atom. The first kappa shape index (κ1) is 19.1. The van der Waals surface area contributed by atoms with Crippen molar-refractivity contribution in [3.05, 3.63) is 57.4 Å². The predicted octanol–water partition coefficient (Wildman–Crippen LogP) is 4.51. The van der Waals surface area contributed by atoms with Gasteiger partial charge in [-0.05, 0) is 36.2 Å². The van der Waals surface area contributed by atoms with Crippen molar-refractivity contribution in [2.24, 2.45) is 0 Å². The van der Waals surface area contributed by atoms with Crippen LogP contribution < -0.4 is 10.2 Å². The summed E-state index contributed by atoms with van der Waals surface area (Å²) in [5.41, 5.74) is 2.67. The van der Waals surface area contributed by atoms with Gasteiger partial charge in [0.25, 0.3) is 0 Å². The molecular formula is C20H18ClN3O2S2. The molecule has 0 aliphatic carbocycles. The zero-order chi connectivity index (χ0) is 19.5. The first-order valence-electron chi connectivity index (χ1n) is 8.94. The van der Waals surface area contributed by atoms with Gasteiger partial charge in [-0.2, -0.15) is 0 Å². The third-order valence-corrected chi connectivity index (χ3v) is 6.78. The lowest BCUT2D eigenvalue weighted by atomic mass is 10.2. The highest BCUT2D eigenvalue weighted by Gasteiger charge is 2.21. The van der Waals surface area contributed by atoms with Crippen LogP contribution in [0.15, 0.2) is 41.8 Å². The van der Waals surface area contributed by atoms with Crippen molar-refractivity contribution in [2.75, 3.05) is 11.4 Å². The Kier molecular flexibility index (Phi) is 5.75. The Hall–Kier alpha value is -2.22. The third kappa shape index (κ3) is 4.43. The molecule has 1 N–H and O–H groups in total. The fourth-order valence-corrected chi connectivity index (χ4v) is 5.01. The van der Waals surface area contributed by atoms with Gasteiger partial charge in [0.05, 0.1) is 21.3 Å². The Balaban J connectivity index is 1.30. The third-order valence-electron chi connectivity index (χ3n) is 4.49. The number of halogens is 1. The number of aromatic nitrogens is 1. The van der Waals surface area contributed by atoms with Crippen molar-refractivity contribution in [1.29, 1.82) is 0 Å². The minimum atomic E-state index is -0.0696. The SMILES string of the molecule is O=C(Cc1csc(-c2ccc(Cl)s2)n1)NCc1ccc(N2CCCC2=O)cc1. The minimum absolute atomic E-state index is 0.0696. The lowest BCUT2D eigenvalue weighted by Gasteiger charge is -2.16. The minimum Gasteiger partial charge on any atom is -0.352 e. The van der Waals surface area contributed by atoms with E-state index in [1.165, 1.54) is 22.7 Å². The van der Waals surface area contributed by atoms with E-state index < -0.39 is 0 Å². The van der Waals surface area contributed by atoms with Crippen LogP contribution in [0.3, 0.4) is 0 Å². The Labute approximate surface area is 176 Å². The van der Waals surface area contributed by atoms with Crippen molar-refractivity contribution in [3.8, 4) is 9.88 Å². The number of amides is 2. The molecule has 5 nitrogen and oxygen atoms in total. The fraction of sp³-hybridized carbons (Fsp3) is 0.250. The van der Waals surface area contributed by atoms with Gasteiger partial charge in [0.2, 0.25) is 11.8 Å². The van der Waals surface area contributed by atoms with E-state index in [-0.39, 0.29) is 18.2 Å². The number of thiophene rings is 1. The zero-order valence-electron chi connectivity index (χ0n) is 15.0. The van der Waals surface area contributed by atoms with Gasteiger partial charge < -0.3 is 10.2 Å². The van der Waals surface area contributed by atoms with E-state index in [0.717, 1.165) is 44.1 Å². The van der Waals surface area contributed by atoms with E-state index in [9.17, 15) is 9.59 Å². The lowest BCUT2D eigenvalue weighted by molar-refractivity contribution is -0.120. The number of benzene rings is 1. The highest BCUT2D eigenvalue weighted by molar-refractivity contribution is 7.23. The van der Waals surface area contributed by atoms with Crippen LogP contribution >= 0.6 is 34.3 Å². The average molecular weight is 432 g/mol. The zero-order valence-corrected chi connectivity index (χ0v) is 17.4. The molecule has 1 saturated heterocycles. The first-order valence-corrected chi connectivity index (χ1v) is 11.0. The number of carbonyl (C=O) groups excluding carboxylic acids is 2. The number of nitrogens with zero attached hydrogens (tertiary/aromatic N) is 2. The summed E-state index contributed by atoms with van der Waals surface area (Å²) < 4.78 is 0.726. The Morgan fingerprint density at radius 1 is 1.21 bits per heavy atom. The Bertz CT molecular complexity index is 997. The molecule has 0 bridgehead atoms. The molecule has 1 aliphatic rings. The monoisotopic (exact) mass is 431 g/mol. The summed E-state index contributed by atoms with van der Waals surface area (Å²) >= 11 is 8.96. The van der Waals surface area contributed by atoms with Crippen LogP contribution in [0.2, 0.25) is 4.34 Å². The predicted molar refractivity (Wildman–Crippen MR) is 114 cm³/mol. The van der Waals surface area contributed by atoms with E-state index in [1.54, 1.807) is 0 Å². The molecule has 2 aromatic heterocycles. The van der Waals surface area contributed by atoms with Crippen LogP contribution in [0.4, 0.5) is 5.69 Å². The number of thiazole rings is 1. The van der Waals surface area contributed by atoms with Crippen molar-refractivity contribution >= 4 is 51.8 Å². The molecular weight excluding hydrogens is 414 g/mol. The van der Waals surface area contributed by atoms with Gasteiger partial charge >= 0.3 is 0 Å². The normalized spacial score (nSPS) is 13.9. The van der Waals surface area contributed by atoms with E-state index in [4.69, 9.17) is 11.6 Å². The molecule has 144 valence electrons. The van der Waals surface area contributed by atoms with Crippen molar-refractivity contribution in [1.82, 2.24) is 10.3 Å². The quantitative estimate of drug-likeness (QED) is 0.624. The van der Waals surface area contributed by atoms with Crippen LogP contribution in [0.5, 0.6) is 0 Å². The molecule has 3 aromatic rings. The number of rotatable bonds is 6. The highest BCUT2D eigenvalue weighted by Crippen LogP contribution is 2.33. The van der Waals surface area contributed by atoms with E-state index >= 15 is 0 Å². The summed E-state index contributed by atoms with van der Waals surface area (Å²) in [5, 5.41) is 5.71. The van der Waals surface area contributed by atoms with Gasteiger partial charge in [-0.15, -0.1) is 22.7 Å². The Morgan fingerprint density at radius 3 is 2.71 bits per heavy atom. The maximum atomic E-state index is 12.2. The molecule has 0 unspecified atom stereocenters.